The molecular formula is C22H24Cl2O2. The topological polar surface area (TPSA) is 34.1 Å². The Morgan fingerprint density at radius 1 is 0.769 bits per heavy atom. The summed E-state index contributed by atoms with van der Waals surface area (Å²) in [5.74, 6) is 1.54. The molecule has 2 aromatic rings. The highest BCUT2D eigenvalue weighted by Gasteiger charge is 2.23. The third-order valence-corrected chi connectivity index (χ3v) is 5.73. The lowest BCUT2D eigenvalue weighted by atomic mass is 9.91. The largest absolute Gasteiger partial charge is 0.294 e. The number of carbonyl (C=O) groups is 2. The first-order valence-electron chi connectivity index (χ1n) is 9.43. The monoisotopic (exact) mass is 390 g/mol. The summed E-state index contributed by atoms with van der Waals surface area (Å²) >= 11 is 11.4. The molecule has 4 heteroatoms. The number of carbonyl (C=O) groups excluding carboxylic acids is 2. The van der Waals surface area contributed by atoms with Crippen molar-refractivity contribution in [3.63, 3.8) is 0 Å². The maximum Gasteiger partial charge on any atom is 0.163 e. The Kier molecular flexibility index (Phi) is 6.72. The maximum atomic E-state index is 12.6. The SMILES string of the molecule is O=C(CCCCCl)c1ccc2c(C(=O)CCCCCl)ccc3c2c1CC3. The van der Waals surface area contributed by atoms with Gasteiger partial charge >= 0.3 is 0 Å². The van der Waals surface area contributed by atoms with Gasteiger partial charge in [0.25, 0.3) is 0 Å². The molecule has 0 aliphatic heterocycles. The van der Waals surface area contributed by atoms with Crippen molar-refractivity contribution in [2.24, 2.45) is 0 Å². The molecule has 2 nitrogen and oxygen atoms in total. The Morgan fingerprint density at radius 2 is 1.38 bits per heavy atom. The first-order chi connectivity index (χ1) is 12.7. The van der Waals surface area contributed by atoms with Crippen LogP contribution in [0.2, 0.25) is 0 Å². The van der Waals surface area contributed by atoms with Gasteiger partial charge in [0, 0.05) is 35.7 Å². The Balaban J connectivity index is 1.93. The highest BCUT2D eigenvalue weighted by molar-refractivity contribution is 6.18. The van der Waals surface area contributed by atoms with Gasteiger partial charge in [0.15, 0.2) is 11.6 Å². The molecule has 0 fully saturated rings. The molecule has 0 unspecified atom stereocenters. The van der Waals surface area contributed by atoms with Crippen LogP contribution < -0.4 is 0 Å². The summed E-state index contributed by atoms with van der Waals surface area (Å²) in [6, 6.07) is 7.91. The predicted octanol–water partition coefficient (Wildman–Crippen LogP) is 6.12. The van der Waals surface area contributed by atoms with Crippen molar-refractivity contribution in [1.82, 2.24) is 0 Å². The van der Waals surface area contributed by atoms with Crippen molar-refractivity contribution in [2.75, 3.05) is 11.8 Å². The van der Waals surface area contributed by atoms with Gasteiger partial charge in [-0.15, -0.1) is 23.2 Å². The zero-order chi connectivity index (χ0) is 18.5. The average Bonchev–Trinajstić information content (AvgIpc) is 3.08. The van der Waals surface area contributed by atoms with Crippen molar-refractivity contribution in [2.45, 2.75) is 51.4 Å². The van der Waals surface area contributed by atoms with Crippen molar-refractivity contribution in [3.05, 3.63) is 46.5 Å². The van der Waals surface area contributed by atoms with Crippen LogP contribution in [-0.2, 0) is 12.8 Å². The number of halogens is 2. The molecule has 2 aromatic carbocycles. The summed E-state index contributed by atoms with van der Waals surface area (Å²) < 4.78 is 0. The first kappa shape index (κ1) is 19.4. The molecule has 0 saturated carbocycles. The summed E-state index contributed by atoms with van der Waals surface area (Å²) in [4.78, 5) is 25.3. The smallest absolute Gasteiger partial charge is 0.163 e. The third-order valence-electron chi connectivity index (χ3n) is 5.20. The van der Waals surface area contributed by atoms with E-state index in [0.29, 0.717) is 24.6 Å². The summed E-state index contributed by atoms with van der Waals surface area (Å²) in [7, 11) is 0. The number of unbranched alkanes of at least 4 members (excludes halogenated alkanes) is 2. The van der Waals surface area contributed by atoms with Gasteiger partial charge in [0.1, 0.15) is 0 Å². The fraction of sp³-hybridized carbons (Fsp3) is 0.455. The van der Waals surface area contributed by atoms with Crippen molar-refractivity contribution < 1.29 is 9.59 Å². The molecule has 0 bridgehead atoms. The van der Waals surface area contributed by atoms with Crippen LogP contribution in [0.4, 0.5) is 0 Å². The first-order valence-corrected chi connectivity index (χ1v) is 10.5. The van der Waals surface area contributed by atoms with E-state index >= 15 is 0 Å². The van der Waals surface area contributed by atoms with Crippen LogP contribution in [0.1, 0.15) is 70.4 Å². The van der Waals surface area contributed by atoms with E-state index in [9.17, 15) is 9.59 Å². The van der Waals surface area contributed by atoms with E-state index in [0.717, 1.165) is 66.0 Å². The van der Waals surface area contributed by atoms with Gasteiger partial charge in [-0.1, -0.05) is 24.3 Å². The highest BCUT2D eigenvalue weighted by atomic mass is 35.5. The zero-order valence-corrected chi connectivity index (χ0v) is 16.5. The summed E-state index contributed by atoms with van der Waals surface area (Å²) in [5, 5.41) is 2.14. The van der Waals surface area contributed by atoms with Crippen molar-refractivity contribution in [3.8, 4) is 0 Å². The maximum absolute atomic E-state index is 12.6. The molecule has 3 rings (SSSR count). The lowest BCUT2D eigenvalue weighted by molar-refractivity contribution is 0.0973. The summed E-state index contributed by atoms with van der Waals surface area (Å²) in [6.07, 6.45) is 6.25. The summed E-state index contributed by atoms with van der Waals surface area (Å²) in [5.41, 5.74) is 3.99. The third kappa shape index (κ3) is 3.97. The van der Waals surface area contributed by atoms with E-state index in [4.69, 9.17) is 23.2 Å². The van der Waals surface area contributed by atoms with Gasteiger partial charge in [-0.3, -0.25) is 9.59 Å². The van der Waals surface area contributed by atoms with E-state index < -0.39 is 0 Å². The van der Waals surface area contributed by atoms with Crippen molar-refractivity contribution >= 4 is 45.5 Å². The van der Waals surface area contributed by atoms with Gasteiger partial charge in [0.05, 0.1) is 0 Å². The van der Waals surface area contributed by atoms with Crippen LogP contribution in [0.5, 0.6) is 0 Å². The van der Waals surface area contributed by atoms with E-state index in [1.165, 1.54) is 5.56 Å². The number of Topliss-reactive ketones (excluding diaryl/α,β-unsaturated/α-hetero) is 2. The number of hydrogen-bond donors (Lipinski definition) is 0. The molecule has 0 aromatic heterocycles. The van der Waals surface area contributed by atoms with E-state index in [1.54, 1.807) is 0 Å². The fourth-order valence-corrected chi connectivity index (χ4v) is 4.24. The van der Waals surface area contributed by atoms with Gasteiger partial charge in [-0.05, 0) is 60.4 Å². The molecule has 0 radical (unpaired) electrons. The fourth-order valence-electron chi connectivity index (χ4n) is 3.86. The zero-order valence-electron chi connectivity index (χ0n) is 15.0. The molecule has 0 saturated heterocycles. The second kappa shape index (κ2) is 9.01. The Labute approximate surface area is 164 Å². The van der Waals surface area contributed by atoms with Crippen LogP contribution in [-0.4, -0.2) is 23.3 Å². The van der Waals surface area contributed by atoms with Crippen LogP contribution in [0.3, 0.4) is 0 Å². The van der Waals surface area contributed by atoms with Gasteiger partial charge < -0.3 is 0 Å². The second-order valence-corrected chi connectivity index (χ2v) is 7.68. The highest BCUT2D eigenvalue weighted by Crippen LogP contribution is 2.36. The molecule has 0 heterocycles. The van der Waals surface area contributed by atoms with Crippen molar-refractivity contribution in [1.29, 1.82) is 0 Å². The molecule has 1 aliphatic rings. The standard InChI is InChI=1S/C22H24Cl2O2/c23-13-3-1-5-20(25)16-9-7-15-8-10-18-17(11-12-19(16)22(15)18)21(26)6-2-4-14-24/h7,9,11-12H,1-6,8,10,13-14H2. The van der Waals surface area contributed by atoms with Crippen LogP contribution in [0, 0.1) is 0 Å². The lowest BCUT2D eigenvalue weighted by Gasteiger charge is -2.11. The molecule has 0 atom stereocenters. The normalized spacial score (nSPS) is 12.7. The quantitative estimate of drug-likeness (QED) is 0.278. The molecule has 0 spiro atoms. The number of ketones is 2. The number of aryl methyl sites for hydroxylation is 2. The lowest BCUT2D eigenvalue weighted by Crippen LogP contribution is -2.05. The van der Waals surface area contributed by atoms with Crippen LogP contribution >= 0.6 is 23.2 Å². The molecule has 1 aliphatic carbocycles. The molecule has 0 N–H and O–H groups in total. The minimum Gasteiger partial charge on any atom is -0.294 e. The molecule has 26 heavy (non-hydrogen) atoms. The minimum atomic E-state index is 0.167. The van der Waals surface area contributed by atoms with Gasteiger partial charge in [0.2, 0.25) is 0 Å². The summed E-state index contributed by atoms with van der Waals surface area (Å²) in [6.45, 7) is 0. The Morgan fingerprint density at radius 3 is 2.04 bits per heavy atom. The number of hydrogen-bond acceptors (Lipinski definition) is 2. The van der Waals surface area contributed by atoms with E-state index in [1.807, 2.05) is 18.2 Å². The number of alkyl halides is 2. The Bertz CT molecular complexity index is 826. The Hall–Kier alpha value is -1.38. The molecule has 0 amide bonds. The molecule has 138 valence electrons. The van der Waals surface area contributed by atoms with E-state index in [2.05, 4.69) is 6.07 Å². The number of benzene rings is 2. The van der Waals surface area contributed by atoms with Gasteiger partial charge in [-0.2, -0.15) is 0 Å². The van der Waals surface area contributed by atoms with Crippen LogP contribution in [0.15, 0.2) is 24.3 Å². The van der Waals surface area contributed by atoms with Gasteiger partial charge in [-0.25, -0.2) is 0 Å². The predicted molar refractivity (Wildman–Crippen MR) is 109 cm³/mol. The number of rotatable bonds is 10. The molecular weight excluding hydrogens is 367 g/mol. The second-order valence-electron chi connectivity index (χ2n) is 6.93. The average molecular weight is 391 g/mol. The van der Waals surface area contributed by atoms with E-state index in [-0.39, 0.29) is 11.6 Å². The van der Waals surface area contributed by atoms with Crippen LogP contribution in [0.25, 0.3) is 10.8 Å². The minimum absolute atomic E-state index is 0.167.